The largest absolute Gasteiger partial charge is 0.507 e. The van der Waals surface area contributed by atoms with Crippen molar-refractivity contribution < 1.29 is 19.5 Å². The van der Waals surface area contributed by atoms with E-state index in [9.17, 15) is 9.90 Å². The molecule has 0 saturated carbocycles. The summed E-state index contributed by atoms with van der Waals surface area (Å²) in [6.07, 6.45) is 2.84. The summed E-state index contributed by atoms with van der Waals surface area (Å²) in [6, 6.07) is 23.7. The van der Waals surface area contributed by atoms with Crippen molar-refractivity contribution in [2.45, 2.75) is 32.6 Å². The molecule has 0 atom stereocenters. The number of rotatable bonds is 10. The molecule has 0 spiro atoms. The van der Waals surface area contributed by atoms with Gasteiger partial charge in [-0.15, -0.1) is 0 Å². The molecule has 2 N–H and O–H groups in total. The molecule has 0 saturated heterocycles. The first-order valence-electron chi connectivity index (χ1n) is 10.8. The van der Waals surface area contributed by atoms with Crippen molar-refractivity contribution in [2.75, 3.05) is 11.9 Å². The summed E-state index contributed by atoms with van der Waals surface area (Å²) in [7, 11) is 0. The minimum absolute atomic E-state index is 0.0136. The second-order valence-corrected chi connectivity index (χ2v) is 7.30. The molecule has 0 unspecified atom stereocenters. The standard InChI is InChI=1S/C26H28N2O4/c1-2-3-10-17-31-22-15-16-23(25(29)19-22)24(18-20-11-6-4-7-12-20)28-32-26(30)27-21-13-8-5-9-14-21/h4-9,11-16,19,29H,2-3,10,17-18H2,1H3,(H,27,30). The lowest BCUT2D eigenvalue weighted by Crippen LogP contribution is -2.14. The summed E-state index contributed by atoms with van der Waals surface area (Å²) < 4.78 is 5.71. The molecule has 3 aromatic rings. The topological polar surface area (TPSA) is 80.2 Å². The number of phenols is 1. The Labute approximate surface area is 188 Å². The van der Waals surface area contributed by atoms with Crippen LogP contribution in [0.5, 0.6) is 11.5 Å². The van der Waals surface area contributed by atoms with E-state index in [0.717, 1.165) is 24.8 Å². The van der Waals surface area contributed by atoms with Gasteiger partial charge in [0.2, 0.25) is 0 Å². The van der Waals surface area contributed by atoms with E-state index in [4.69, 9.17) is 9.57 Å². The lowest BCUT2D eigenvalue weighted by Gasteiger charge is -2.11. The van der Waals surface area contributed by atoms with Crippen molar-refractivity contribution in [3.8, 4) is 11.5 Å². The van der Waals surface area contributed by atoms with Crippen LogP contribution in [0.25, 0.3) is 0 Å². The molecule has 3 aromatic carbocycles. The lowest BCUT2D eigenvalue weighted by molar-refractivity contribution is 0.166. The number of hydrogen-bond acceptors (Lipinski definition) is 5. The Bertz CT molecular complexity index is 1020. The number of hydrogen-bond donors (Lipinski definition) is 2. The zero-order chi connectivity index (χ0) is 22.6. The van der Waals surface area contributed by atoms with Crippen molar-refractivity contribution in [3.05, 3.63) is 90.0 Å². The number of phenolic OH excluding ortho intramolecular Hbond substituents is 1. The molecular formula is C26H28N2O4. The molecule has 32 heavy (non-hydrogen) atoms. The minimum Gasteiger partial charge on any atom is -0.507 e. The Morgan fingerprint density at radius 1 is 0.969 bits per heavy atom. The Hall–Kier alpha value is -3.80. The van der Waals surface area contributed by atoms with Gasteiger partial charge in [-0.25, -0.2) is 4.79 Å². The first-order valence-corrected chi connectivity index (χ1v) is 10.8. The van der Waals surface area contributed by atoms with Crippen LogP contribution in [0.1, 0.15) is 37.3 Å². The number of para-hydroxylation sites is 1. The first-order chi connectivity index (χ1) is 15.7. The summed E-state index contributed by atoms with van der Waals surface area (Å²) in [5.74, 6) is 0.601. The summed E-state index contributed by atoms with van der Waals surface area (Å²) in [5.41, 5.74) is 2.47. The number of benzene rings is 3. The second kappa shape index (κ2) is 12.2. The molecule has 0 aliphatic rings. The van der Waals surface area contributed by atoms with E-state index in [-0.39, 0.29) is 5.75 Å². The van der Waals surface area contributed by atoms with Crippen LogP contribution in [0, 0.1) is 0 Å². The van der Waals surface area contributed by atoms with Gasteiger partial charge in [-0.2, -0.15) is 0 Å². The normalized spacial score (nSPS) is 11.1. The number of carbonyl (C=O) groups excluding carboxylic acids is 1. The van der Waals surface area contributed by atoms with Gasteiger partial charge < -0.3 is 9.84 Å². The van der Waals surface area contributed by atoms with Crippen molar-refractivity contribution in [2.24, 2.45) is 5.16 Å². The Morgan fingerprint density at radius 3 is 2.38 bits per heavy atom. The van der Waals surface area contributed by atoms with E-state index in [1.54, 1.807) is 30.3 Å². The van der Waals surface area contributed by atoms with E-state index in [0.29, 0.717) is 35.7 Å². The van der Waals surface area contributed by atoms with Crippen molar-refractivity contribution in [1.29, 1.82) is 0 Å². The number of oxime groups is 1. The molecule has 0 aliphatic carbocycles. The quantitative estimate of drug-likeness (QED) is 0.174. The monoisotopic (exact) mass is 432 g/mol. The molecule has 0 aliphatic heterocycles. The van der Waals surface area contributed by atoms with Crippen molar-refractivity contribution >= 4 is 17.5 Å². The van der Waals surface area contributed by atoms with Gasteiger partial charge in [0.25, 0.3) is 0 Å². The highest BCUT2D eigenvalue weighted by molar-refractivity contribution is 6.04. The highest BCUT2D eigenvalue weighted by atomic mass is 16.7. The fourth-order valence-electron chi connectivity index (χ4n) is 3.11. The SMILES string of the molecule is CCCCCOc1ccc(C(Cc2ccccc2)=NOC(=O)Nc2ccccc2)c(O)c1. The van der Waals surface area contributed by atoms with E-state index in [1.165, 1.54) is 0 Å². The van der Waals surface area contributed by atoms with Crippen LogP contribution in [-0.4, -0.2) is 23.5 Å². The first kappa shape index (κ1) is 22.9. The molecule has 6 heteroatoms. The number of nitrogens with one attached hydrogen (secondary N) is 1. The molecule has 0 fully saturated rings. The maximum atomic E-state index is 12.2. The van der Waals surface area contributed by atoms with Gasteiger partial charge in [0.05, 0.1) is 12.3 Å². The third-order valence-electron chi connectivity index (χ3n) is 4.77. The van der Waals surface area contributed by atoms with Gasteiger partial charge in [-0.1, -0.05) is 73.5 Å². The predicted octanol–water partition coefficient (Wildman–Crippen LogP) is 6.16. The maximum Gasteiger partial charge on any atom is 0.437 e. The molecule has 1 amide bonds. The summed E-state index contributed by atoms with van der Waals surface area (Å²) in [5, 5.41) is 17.3. The highest BCUT2D eigenvalue weighted by Gasteiger charge is 2.14. The number of unbranched alkanes of at least 4 members (excludes halogenated alkanes) is 2. The van der Waals surface area contributed by atoms with Gasteiger partial charge in [0.1, 0.15) is 11.5 Å². The van der Waals surface area contributed by atoms with Crippen LogP contribution in [0.15, 0.2) is 84.0 Å². The molecule has 166 valence electrons. The van der Waals surface area contributed by atoms with Crippen LogP contribution in [-0.2, 0) is 11.3 Å². The predicted molar refractivity (Wildman–Crippen MR) is 126 cm³/mol. The summed E-state index contributed by atoms with van der Waals surface area (Å²) >= 11 is 0. The lowest BCUT2D eigenvalue weighted by atomic mass is 10.0. The highest BCUT2D eigenvalue weighted by Crippen LogP contribution is 2.26. The van der Waals surface area contributed by atoms with Gasteiger partial charge in [0, 0.05) is 23.7 Å². The number of aromatic hydroxyl groups is 1. The molecule has 0 radical (unpaired) electrons. The van der Waals surface area contributed by atoms with Gasteiger partial charge >= 0.3 is 6.09 Å². The Morgan fingerprint density at radius 2 is 1.69 bits per heavy atom. The average Bonchev–Trinajstić information content (AvgIpc) is 2.81. The van der Waals surface area contributed by atoms with Crippen LogP contribution >= 0.6 is 0 Å². The Kier molecular flexibility index (Phi) is 8.69. The van der Waals surface area contributed by atoms with Crippen molar-refractivity contribution in [3.63, 3.8) is 0 Å². The van der Waals surface area contributed by atoms with Gasteiger partial charge in [-0.3, -0.25) is 10.2 Å². The third-order valence-corrected chi connectivity index (χ3v) is 4.77. The number of nitrogens with zero attached hydrogens (tertiary/aromatic N) is 1. The molecule has 6 nitrogen and oxygen atoms in total. The number of amides is 1. The fraction of sp³-hybridized carbons (Fsp3) is 0.231. The number of ether oxygens (including phenoxy) is 1. The fourth-order valence-corrected chi connectivity index (χ4v) is 3.11. The van der Waals surface area contributed by atoms with Crippen LogP contribution in [0.2, 0.25) is 0 Å². The molecule has 0 aromatic heterocycles. The molecular weight excluding hydrogens is 404 g/mol. The third kappa shape index (κ3) is 7.16. The van der Waals surface area contributed by atoms with Crippen LogP contribution in [0.4, 0.5) is 10.5 Å². The second-order valence-electron chi connectivity index (χ2n) is 7.30. The zero-order valence-corrected chi connectivity index (χ0v) is 18.2. The van der Waals surface area contributed by atoms with Gasteiger partial charge in [0.15, 0.2) is 0 Å². The summed E-state index contributed by atoms with van der Waals surface area (Å²) in [6.45, 7) is 2.73. The minimum atomic E-state index is -0.711. The molecule has 3 rings (SSSR count). The van der Waals surface area contributed by atoms with Crippen LogP contribution < -0.4 is 10.1 Å². The van der Waals surface area contributed by atoms with E-state index in [1.807, 2.05) is 48.5 Å². The number of anilines is 1. The van der Waals surface area contributed by atoms with Crippen molar-refractivity contribution in [1.82, 2.24) is 0 Å². The van der Waals surface area contributed by atoms with E-state index < -0.39 is 6.09 Å². The van der Waals surface area contributed by atoms with E-state index >= 15 is 0 Å². The molecule has 0 heterocycles. The van der Waals surface area contributed by atoms with E-state index in [2.05, 4.69) is 17.4 Å². The zero-order valence-electron chi connectivity index (χ0n) is 18.2. The Balaban J connectivity index is 1.76. The molecule has 0 bridgehead atoms. The maximum absolute atomic E-state index is 12.2. The average molecular weight is 433 g/mol. The van der Waals surface area contributed by atoms with Gasteiger partial charge in [-0.05, 0) is 36.2 Å². The summed E-state index contributed by atoms with van der Waals surface area (Å²) in [4.78, 5) is 17.3. The smallest absolute Gasteiger partial charge is 0.437 e. The number of carbonyl (C=O) groups is 1. The van der Waals surface area contributed by atoms with Crippen LogP contribution in [0.3, 0.4) is 0 Å².